The van der Waals surface area contributed by atoms with Crippen LogP contribution in [0.3, 0.4) is 0 Å². The predicted molar refractivity (Wildman–Crippen MR) is 115 cm³/mol. The summed E-state index contributed by atoms with van der Waals surface area (Å²) in [5, 5.41) is 0.735. The Labute approximate surface area is 173 Å². The van der Waals surface area contributed by atoms with Crippen molar-refractivity contribution in [2.24, 2.45) is 0 Å². The van der Waals surface area contributed by atoms with E-state index in [-0.39, 0.29) is 5.56 Å². The van der Waals surface area contributed by atoms with Crippen LogP contribution in [0, 0.1) is 13.8 Å². The molecule has 1 aliphatic rings. The van der Waals surface area contributed by atoms with Gasteiger partial charge in [0.2, 0.25) is 0 Å². The molecule has 3 aromatic rings. The molecule has 0 saturated heterocycles. The number of hydrogen-bond acceptors (Lipinski definition) is 4. The monoisotopic (exact) mass is 414 g/mol. The van der Waals surface area contributed by atoms with E-state index in [1.807, 2.05) is 12.1 Å². The number of nitrogens with zero attached hydrogens (tertiary/aromatic N) is 3. The summed E-state index contributed by atoms with van der Waals surface area (Å²) in [5.74, 6) is 1.24. The van der Waals surface area contributed by atoms with Crippen LogP contribution in [0.1, 0.15) is 22.5 Å². The van der Waals surface area contributed by atoms with Gasteiger partial charge < -0.3 is 10.6 Å². The summed E-state index contributed by atoms with van der Waals surface area (Å²) in [4.78, 5) is 20.1. The molecule has 7 heteroatoms. The molecule has 0 unspecified atom stereocenters. The zero-order valence-electron chi connectivity index (χ0n) is 15.7. The second kappa shape index (κ2) is 7.15. The summed E-state index contributed by atoms with van der Waals surface area (Å²) in [6, 6.07) is 11.2. The zero-order valence-corrected chi connectivity index (χ0v) is 17.2. The molecule has 0 fully saturated rings. The molecule has 0 amide bonds. The number of aromatic nitrogens is 2. The van der Waals surface area contributed by atoms with Gasteiger partial charge in [0, 0.05) is 18.8 Å². The summed E-state index contributed by atoms with van der Waals surface area (Å²) in [6.07, 6.45) is 0.865. The fourth-order valence-corrected chi connectivity index (χ4v) is 4.12. The molecule has 0 radical (unpaired) electrons. The number of nitrogens with two attached hydrogens (primary N) is 1. The minimum Gasteiger partial charge on any atom is -0.398 e. The topological polar surface area (TPSA) is 64.2 Å². The summed E-state index contributed by atoms with van der Waals surface area (Å²) in [6.45, 7) is 5.01. The van der Waals surface area contributed by atoms with Crippen LogP contribution in [0.4, 0.5) is 11.5 Å². The molecule has 1 aliphatic heterocycles. The van der Waals surface area contributed by atoms with Crippen molar-refractivity contribution < 1.29 is 0 Å². The second-order valence-electron chi connectivity index (χ2n) is 6.98. The van der Waals surface area contributed by atoms with Gasteiger partial charge in [0.1, 0.15) is 11.6 Å². The van der Waals surface area contributed by atoms with Crippen molar-refractivity contribution in [2.45, 2.75) is 26.8 Å². The largest absolute Gasteiger partial charge is 0.398 e. The third-order valence-corrected chi connectivity index (χ3v) is 6.04. The van der Waals surface area contributed by atoms with Crippen LogP contribution in [0.2, 0.25) is 10.0 Å². The van der Waals surface area contributed by atoms with Crippen LogP contribution in [0.15, 0.2) is 41.2 Å². The fourth-order valence-electron chi connectivity index (χ4n) is 3.74. The number of hydrogen-bond donors (Lipinski definition) is 1. The number of halogens is 2. The average Bonchev–Trinajstić information content (AvgIpc) is 2.68. The van der Waals surface area contributed by atoms with Crippen molar-refractivity contribution in [1.82, 2.24) is 9.55 Å². The molecule has 144 valence electrons. The minimum absolute atomic E-state index is 0.154. The highest BCUT2D eigenvalue weighted by Crippen LogP contribution is 2.31. The summed E-state index contributed by atoms with van der Waals surface area (Å²) in [7, 11) is 0. The van der Waals surface area contributed by atoms with E-state index in [4.69, 9.17) is 33.9 Å². The van der Waals surface area contributed by atoms with Gasteiger partial charge >= 0.3 is 0 Å². The summed E-state index contributed by atoms with van der Waals surface area (Å²) in [5.41, 5.74) is 10.3. The standard InChI is InChI=1S/C21H20Cl2N4O/c1-12-20(26-10-9-14-5-3-7-17(24)15(14)11-26)25-13(2)27(21(12)28)18-8-4-6-16(22)19(18)23/h3-8H,9-11,24H2,1-2H3. The Hall–Kier alpha value is -2.50. The van der Waals surface area contributed by atoms with Crippen LogP contribution < -0.4 is 16.2 Å². The molecule has 4 rings (SSSR count). The lowest BCUT2D eigenvalue weighted by Gasteiger charge is -2.32. The molecule has 0 spiro atoms. The third-order valence-electron chi connectivity index (χ3n) is 5.23. The lowest BCUT2D eigenvalue weighted by Crippen LogP contribution is -2.35. The van der Waals surface area contributed by atoms with Crippen LogP contribution in [0.25, 0.3) is 5.69 Å². The number of nitrogen functional groups attached to an aromatic ring is 1. The second-order valence-corrected chi connectivity index (χ2v) is 7.76. The zero-order chi connectivity index (χ0) is 20.0. The molecule has 5 nitrogen and oxygen atoms in total. The van der Waals surface area contributed by atoms with Gasteiger partial charge in [-0.3, -0.25) is 9.36 Å². The van der Waals surface area contributed by atoms with Crippen molar-refractivity contribution >= 4 is 34.7 Å². The Morgan fingerprint density at radius 2 is 1.86 bits per heavy atom. The van der Waals surface area contributed by atoms with Gasteiger partial charge in [0.15, 0.2) is 0 Å². The van der Waals surface area contributed by atoms with Gasteiger partial charge in [0.25, 0.3) is 5.56 Å². The van der Waals surface area contributed by atoms with E-state index in [0.29, 0.717) is 39.5 Å². The Bertz CT molecular complexity index is 1140. The van der Waals surface area contributed by atoms with E-state index >= 15 is 0 Å². The van der Waals surface area contributed by atoms with Crippen LogP contribution in [-0.2, 0) is 13.0 Å². The van der Waals surface area contributed by atoms with E-state index in [1.165, 1.54) is 10.1 Å². The molecule has 0 aliphatic carbocycles. The van der Waals surface area contributed by atoms with E-state index < -0.39 is 0 Å². The third kappa shape index (κ3) is 3.05. The van der Waals surface area contributed by atoms with Gasteiger partial charge in [-0.1, -0.05) is 41.4 Å². The maximum Gasteiger partial charge on any atom is 0.263 e. The molecule has 0 saturated carbocycles. The van der Waals surface area contributed by atoms with Crippen LogP contribution in [0.5, 0.6) is 0 Å². The molecule has 1 aromatic heterocycles. The van der Waals surface area contributed by atoms with E-state index in [2.05, 4.69) is 11.0 Å². The average molecular weight is 415 g/mol. The van der Waals surface area contributed by atoms with Crippen molar-refractivity contribution in [3.05, 3.63) is 79.3 Å². The SMILES string of the molecule is Cc1c(N2CCc3cccc(N)c3C2)nc(C)n(-c2cccc(Cl)c2Cl)c1=O. The van der Waals surface area contributed by atoms with Crippen molar-refractivity contribution in [2.75, 3.05) is 17.2 Å². The summed E-state index contributed by atoms with van der Waals surface area (Å²) >= 11 is 12.5. The molecule has 2 aromatic carbocycles. The number of fused-ring (bicyclic) bond motifs is 1. The van der Waals surface area contributed by atoms with Crippen molar-refractivity contribution in [1.29, 1.82) is 0 Å². The van der Waals surface area contributed by atoms with Gasteiger partial charge in [0.05, 0.1) is 21.3 Å². The highest BCUT2D eigenvalue weighted by atomic mass is 35.5. The Balaban J connectivity index is 1.80. The molecule has 0 bridgehead atoms. The number of rotatable bonds is 2. The number of benzene rings is 2. The van der Waals surface area contributed by atoms with Gasteiger partial charge in [-0.05, 0) is 49.6 Å². The molecule has 28 heavy (non-hydrogen) atoms. The maximum absolute atomic E-state index is 13.2. The highest BCUT2D eigenvalue weighted by molar-refractivity contribution is 6.43. The number of anilines is 2. The van der Waals surface area contributed by atoms with Gasteiger partial charge in [-0.2, -0.15) is 0 Å². The molecule has 0 atom stereocenters. The Morgan fingerprint density at radius 1 is 1.11 bits per heavy atom. The molecule has 2 heterocycles. The first-order valence-electron chi connectivity index (χ1n) is 9.04. The molecular formula is C21H20Cl2N4O. The first kappa shape index (κ1) is 18.8. The molecule has 2 N–H and O–H groups in total. The van der Waals surface area contributed by atoms with Crippen LogP contribution in [-0.4, -0.2) is 16.1 Å². The van der Waals surface area contributed by atoms with Crippen molar-refractivity contribution in [3.63, 3.8) is 0 Å². The van der Waals surface area contributed by atoms with E-state index in [0.717, 1.165) is 24.2 Å². The van der Waals surface area contributed by atoms with E-state index in [9.17, 15) is 4.79 Å². The van der Waals surface area contributed by atoms with Gasteiger partial charge in [-0.15, -0.1) is 0 Å². The van der Waals surface area contributed by atoms with E-state index in [1.54, 1.807) is 32.0 Å². The quantitative estimate of drug-likeness (QED) is 0.634. The highest BCUT2D eigenvalue weighted by Gasteiger charge is 2.23. The smallest absolute Gasteiger partial charge is 0.263 e. The molecular weight excluding hydrogens is 395 g/mol. The first-order chi connectivity index (χ1) is 13.4. The predicted octanol–water partition coefficient (Wildman–Crippen LogP) is 4.30. The lowest BCUT2D eigenvalue weighted by molar-refractivity contribution is 0.706. The minimum atomic E-state index is -0.154. The lowest BCUT2D eigenvalue weighted by atomic mass is 9.98. The fraction of sp³-hybridized carbons (Fsp3) is 0.238. The Kier molecular flexibility index (Phi) is 4.81. The van der Waals surface area contributed by atoms with Crippen LogP contribution >= 0.6 is 23.2 Å². The maximum atomic E-state index is 13.2. The number of aryl methyl sites for hydroxylation is 1. The Morgan fingerprint density at radius 3 is 2.64 bits per heavy atom. The van der Waals surface area contributed by atoms with Gasteiger partial charge in [-0.25, -0.2) is 4.98 Å². The van der Waals surface area contributed by atoms with Crippen molar-refractivity contribution in [3.8, 4) is 5.69 Å². The normalized spacial score (nSPS) is 13.5. The summed E-state index contributed by atoms with van der Waals surface area (Å²) < 4.78 is 1.51. The first-order valence-corrected chi connectivity index (χ1v) is 9.80.